The molecule has 1 aromatic heterocycles. The average Bonchev–Trinajstić information content (AvgIpc) is 2.87. The molecule has 0 radical (unpaired) electrons. The van der Waals surface area contributed by atoms with E-state index >= 15 is 0 Å². The smallest absolute Gasteiger partial charge is 0.335 e. The van der Waals surface area contributed by atoms with Crippen LogP contribution in [0.15, 0.2) is 95.0 Å². The van der Waals surface area contributed by atoms with Crippen LogP contribution in [-0.2, 0) is 7.05 Å². The summed E-state index contributed by atoms with van der Waals surface area (Å²) in [4.78, 5) is 23.0. The quantitative estimate of drug-likeness (QED) is 0.182. The number of hydrogen-bond acceptors (Lipinski definition) is 4. The van der Waals surface area contributed by atoms with Gasteiger partial charge >= 0.3 is 5.97 Å². The molecular weight excluding hydrogens is 476 g/mol. The van der Waals surface area contributed by atoms with Gasteiger partial charge in [-0.1, -0.05) is 59.2 Å². The molecule has 0 saturated carbocycles. The highest BCUT2D eigenvalue weighted by Gasteiger charge is 2.21. The van der Waals surface area contributed by atoms with Crippen LogP contribution in [0.5, 0.6) is 0 Å². The number of benzene rings is 3. The monoisotopic (exact) mass is 500 g/mol. The van der Waals surface area contributed by atoms with Crippen molar-refractivity contribution in [2.75, 3.05) is 0 Å². The van der Waals surface area contributed by atoms with Crippen LogP contribution in [0.1, 0.15) is 45.0 Å². The molecule has 4 rings (SSSR count). The fourth-order valence-electron chi connectivity index (χ4n) is 4.32. The first-order chi connectivity index (χ1) is 17.3. The molecule has 0 fully saturated rings. The van der Waals surface area contributed by atoms with Gasteiger partial charge in [0.05, 0.1) is 11.3 Å². The third-order valence-corrected chi connectivity index (χ3v) is 6.56. The van der Waals surface area contributed by atoms with Crippen molar-refractivity contribution in [3.63, 3.8) is 0 Å². The van der Waals surface area contributed by atoms with Crippen molar-refractivity contribution in [3.05, 3.63) is 128 Å². The second kappa shape index (κ2) is 10.6. The van der Waals surface area contributed by atoms with Gasteiger partial charge in [0.2, 0.25) is 5.56 Å². The summed E-state index contributed by atoms with van der Waals surface area (Å²) in [6.07, 6.45) is 2.05. The van der Waals surface area contributed by atoms with Crippen LogP contribution in [-0.4, -0.2) is 26.6 Å². The van der Waals surface area contributed by atoms with Gasteiger partial charge in [0.15, 0.2) is 0 Å². The Hall–Kier alpha value is -4.16. The molecule has 1 unspecified atom stereocenters. The molecule has 0 saturated heterocycles. The number of pyridine rings is 1. The molecule has 0 bridgehead atoms. The largest absolute Gasteiger partial charge is 0.478 e. The number of carbonyl (C=O) groups is 1. The molecule has 0 aliphatic heterocycles. The van der Waals surface area contributed by atoms with Gasteiger partial charge in [0.25, 0.3) is 0 Å². The Morgan fingerprint density at radius 1 is 0.944 bits per heavy atom. The number of oxime groups is 1. The molecule has 2 N–H and O–H groups in total. The van der Waals surface area contributed by atoms with Crippen LogP contribution < -0.4 is 5.56 Å². The lowest BCUT2D eigenvalue weighted by Crippen LogP contribution is -2.18. The van der Waals surface area contributed by atoms with Gasteiger partial charge in [-0.25, -0.2) is 4.79 Å². The van der Waals surface area contributed by atoms with Gasteiger partial charge in [-0.2, -0.15) is 0 Å². The molecule has 3 aromatic carbocycles. The van der Waals surface area contributed by atoms with E-state index in [1.807, 2.05) is 49.4 Å². The first-order valence-electron chi connectivity index (χ1n) is 11.3. The summed E-state index contributed by atoms with van der Waals surface area (Å²) in [6, 6.07) is 23.6. The maximum atomic E-state index is 11.8. The molecule has 0 aliphatic rings. The Balaban J connectivity index is 1.72. The third-order valence-electron chi connectivity index (χ3n) is 6.32. The lowest BCUT2D eigenvalue weighted by atomic mass is 9.83. The number of aromatic carboxylic acids is 1. The normalized spacial score (nSPS) is 12.4. The summed E-state index contributed by atoms with van der Waals surface area (Å²) in [5, 5.41) is 23.3. The van der Waals surface area contributed by atoms with Gasteiger partial charge in [-0.15, -0.1) is 0 Å². The standard InChI is InChI=1S/C29H25ClN2O4/c1-18-15-24(30)12-13-25(18)26(16-27(31-36)23-11-14-28(33)32(2)17-23)21-7-3-19(4-8-21)20-5-9-22(10-6-20)29(34)35/h3-15,17,26,36H,16H2,1-2H3,(H,34,35). The van der Waals surface area contributed by atoms with E-state index < -0.39 is 5.97 Å². The number of nitrogens with zero attached hydrogens (tertiary/aromatic N) is 2. The predicted molar refractivity (Wildman–Crippen MR) is 141 cm³/mol. The van der Waals surface area contributed by atoms with Crippen molar-refractivity contribution in [2.24, 2.45) is 12.2 Å². The Labute approximate surface area is 213 Å². The molecule has 4 aromatic rings. The zero-order valence-electron chi connectivity index (χ0n) is 19.9. The van der Waals surface area contributed by atoms with Crippen LogP contribution in [0.3, 0.4) is 0 Å². The van der Waals surface area contributed by atoms with E-state index in [2.05, 4.69) is 5.16 Å². The minimum Gasteiger partial charge on any atom is -0.478 e. The summed E-state index contributed by atoms with van der Waals surface area (Å²) in [6.45, 7) is 1.99. The molecule has 6 nitrogen and oxygen atoms in total. The van der Waals surface area contributed by atoms with E-state index in [1.54, 1.807) is 43.6 Å². The Morgan fingerprint density at radius 2 is 1.56 bits per heavy atom. The van der Waals surface area contributed by atoms with Crippen molar-refractivity contribution in [2.45, 2.75) is 19.3 Å². The van der Waals surface area contributed by atoms with Gasteiger partial charge < -0.3 is 14.9 Å². The maximum absolute atomic E-state index is 11.8. The summed E-state index contributed by atoms with van der Waals surface area (Å²) in [5.74, 6) is -1.10. The molecule has 182 valence electrons. The second-order valence-electron chi connectivity index (χ2n) is 8.68. The van der Waals surface area contributed by atoms with E-state index in [9.17, 15) is 14.8 Å². The summed E-state index contributed by atoms with van der Waals surface area (Å²) >= 11 is 6.22. The Bertz CT molecular complexity index is 1490. The number of carboxylic acid groups (broad SMARTS) is 1. The van der Waals surface area contributed by atoms with E-state index in [-0.39, 0.29) is 17.0 Å². The second-order valence-corrected chi connectivity index (χ2v) is 9.11. The lowest BCUT2D eigenvalue weighted by Gasteiger charge is -2.21. The number of halogens is 1. The van der Waals surface area contributed by atoms with Crippen LogP contribution in [0, 0.1) is 6.92 Å². The minimum absolute atomic E-state index is 0.145. The Morgan fingerprint density at radius 3 is 2.11 bits per heavy atom. The van der Waals surface area contributed by atoms with Crippen molar-refractivity contribution >= 4 is 23.3 Å². The fourth-order valence-corrected chi connectivity index (χ4v) is 4.55. The van der Waals surface area contributed by atoms with E-state index in [4.69, 9.17) is 16.7 Å². The summed E-state index contributed by atoms with van der Waals surface area (Å²) in [5.41, 5.74) is 6.14. The van der Waals surface area contributed by atoms with E-state index in [0.717, 1.165) is 27.8 Å². The van der Waals surface area contributed by atoms with Crippen LogP contribution in [0.2, 0.25) is 5.02 Å². The topological polar surface area (TPSA) is 91.9 Å². The highest BCUT2D eigenvalue weighted by molar-refractivity contribution is 6.30. The number of hydrogen-bond donors (Lipinski definition) is 2. The lowest BCUT2D eigenvalue weighted by molar-refractivity contribution is 0.0697. The predicted octanol–water partition coefficient (Wildman–Crippen LogP) is 6.11. The first kappa shape index (κ1) is 24.9. The number of rotatable bonds is 7. The highest BCUT2D eigenvalue weighted by atomic mass is 35.5. The van der Waals surface area contributed by atoms with Gasteiger partial charge in [0, 0.05) is 42.2 Å². The number of aryl methyl sites for hydroxylation is 2. The van der Waals surface area contributed by atoms with Crippen molar-refractivity contribution < 1.29 is 15.1 Å². The van der Waals surface area contributed by atoms with Crippen molar-refractivity contribution in [1.29, 1.82) is 0 Å². The molecule has 7 heteroatoms. The van der Waals surface area contributed by atoms with Crippen molar-refractivity contribution in [3.8, 4) is 11.1 Å². The molecule has 0 aliphatic carbocycles. The molecular formula is C29H25ClN2O4. The zero-order valence-corrected chi connectivity index (χ0v) is 20.6. The fraction of sp³-hybridized carbons (Fsp3) is 0.138. The molecule has 0 amide bonds. The summed E-state index contributed by atoms with van der Waals surface area (Å²) < 4.78 is 1.45. The van der Waals surface area contributed by atoms with E-state index in [0.29, 0.717) is 22.7 Å². The SMILES string of the molecule is Cc1cc(Cl)ccc1C(CC(=NO)c1ccc(=O)n(C)c1)c1ccc(-c2ccc(C(=O)O)cc2)cc1. The molecule has 1 atom stereocenters. The highest BCUT2D eigenvalue weighted by Crippen LogP contribution is 2.34. The van der Waals surface area contributed by atoms with E-state index in [1.165, 1.54) is 10.6 Å². The number of carboxylic acids is 1. The molecule has 0 spiro atoms. The average molecular weight is 501 g/mol. The molecule has 36 heavy (non-hydrogen) atoms. The van der Waals surface area contributed by atoms with Crippen LogP contribution >= 0.6 is 11.6 Å². The van der Waals surface area contributed by atoms with Gasteiger partial charge in [-0.3, -0.25) is 4.79 Å². The minimum atomic E-state index is -0.960. The van der Waals surface area contributed by atoms with Gasteiger partial charge in [-0.05, 0) is 65.1 Å². The zero-order chi connectivity index (χ0) is 25.8. The maximum Gasteiger partial charge on any atom is 0.335 e. The van der Waals surface area contributed by atoms with Gasteiger partial charge in [0.1, 0.15) is 0 Å². The van der Waals surface area contributed by atoms with Crippen molar-refractivity contribution in [1.82, 2.24) is 4.57 Å². The molecule has 1 heterocycles. The Kier molecular flexibility index (Phi) is 7.36. The third kappa shape index (κ3) is 5.39. The van der Waals surface area contributed by atoms with Crippen LogP contribution in [0.4, 0.5) is 0 Å². The number of aromatic nitrogens is 1. The van der Waals surface area contributed by atoms with Crippen LogP contribution in [0.25, 0.3) is 11.1 Å². The summed E-state index contributed by atoms with van der Waals surface area (Å²) in [7, 11) is 1.66. The first-order valence-corrected chi connectivity index (χ1v) is 11.7.